The SMILES string of the molecule is Cc1cn(C2O[C@]3(CC(C)(C)C)COC2C3O)c(=O)[nH]c1=O. The van der Waals surface area contributed by atoms with Gasteiger partial charge in [-0.25, -0.2) is 4.79 Å². The third-order valence-electron chi connectivity index (χ3n) is 4.26. The second kappa shape index (κ2) is 4.78. The number of nitrogens with one attached hydrogen (secondary N) is 1. The Bertz CT molecular complexity index is 701. The van der Waals surface area contributed by atoms with Crippen LogP contribution in [0.3, 0.4) is 0 Å². The van der Waals surface area contributed by atoms with Gasteiger partial charge in [0.15, 0.2) is 6.23 Å². The molecular weight excluding hydrogens is 288 g/mol. The van der Waals surface area contributed by atoms with Crippen LogP contribution in [0.4, 0.5) is 0 Å². The highest BCUT2D eigenvalue weighted by atomic mass is 16.6. The summed E-state index contributed by atoms with van der Waals surface area (Å²) in [6.07, 6.45) is -0.0612. The maximum atomic E-state index is 12.0. The van der Waals surface area contributed by atoms with Gasteiger partial charge in [0, 0.05) is 11.8 Å². The Morgan fingerprint density at radius 3 is 2.77 bits per heavy atom. The van der Waals surface area contributed by atoms with Crippen molar-refractivity contribution >= 4 is 0 Å². The molecule has 2 saturated heterocycles. The van der Waals surface area contributed by atoms with E-state index in [-0.39, 0.29) is 5.41 Å². The number of nitrogens with zero attached hydrogens (tertiary/aromatic N) is 1. The zero-order valence-electron chi connectivity index (χ0n) is 13.3. The molecule has 4 atom stereocenters. The molecular formula is C15H22N2O5. The summed E-state index contributed by atoms with van der Waals surface area (Å²) in [7, 11) is 0. The zero-order chi connectivity index (χ0) is 16.3. The summed E-state index contributed by atoms with van der Waals surface area (Å²) >= 11 is 0. The quantitative estimate of drug-likeness (QED) is 0.820. The predicted octanol–water partition coefficient (Wildman–Crippen LogP) is 0.309. The molecule has 3 heterocycles. The molecule has 2 fully saturated rings. The van der Waals surface area contributed by atoms with Crippen molar-refractivity contribution in [3.05, 3.63) is 32.6 Å². The summed E-state index contributed by atoms with van der Waals surface area (Å²) in [5.41, 5.74) is -1.44. The molecule has 7 heteroatoms. The molecule has 2 bridgehead atoms. The van der Waals surface area contributed by atoms with Crippen molar-refractivity contribution in [2.45, 2.75) is 58.2 Å². The standard InChI is InChI=1S/C15H22N2O5/c1-8-5-17(13(20)16-11(8)19)12-9-10(18)15(22-12,7-21-9)6-14(2,3)4/h5,9-10,12,18H,6-7H2,1-4H3,(H,16,19,20)/t9?,10?,12?,15-/m1/s1. The highest BCUT2D eigenvalue weighted by Gasteiger charge is 2.62. The Hall–Kier alpha value is -1.44. The van der Waals surface area contributed by atoms with Gasteiger partial charge in [-0.15, -0.1) is 0 Å². The molecule has 0 aliphatic carbocycles. The van der Waals surface area contributed by atoms with Gasteiger partial charge in [0.05, 0.1) is 6.61 Å². The summed E-state index contributed by atoms with van der Waals surface area (Å²) in [6, 6.07) is 0. The first-order chi connectivity index (χ1) is 10.1. The van der Waals surface area contributed by atoms with Crippen molar-refractivity contribution in [2.24, 2.45) is 5.41 Å². The second-order valence-electron chi connectivity index (χ2n) is 7.51. The monoisotopic (exact) mass is 310 g/mol. The van der Waals surface area contributed by atoms with Gasteiger partial charge in [0.1, 0.15) is 17.8 Å². The number of aromatic nitrogens is 2. The van der Waals surface area contributed by atoms with Crippen LogP contribution in [0.5, 0.6) is 0 Å². The Labute approximate surface area is 127 Å². The van der Waals surface area contributed by atoms with Crippen molar-refractivity contribution in [3.8, 4) is 0 Å². The summed E-state index contributed by atoms with van der Waals surface area (Å²) in [4.78, 5) is 25.8. The van der Waals surface area contributed by atoms with Gasteiger partial charge in [0.2, 0.25) is 0 Å². The fourth-order valence-corrected chi connectivity index (χ4v) is 3.45. The van der Waals surface area contributed by atoms with E-state index >= 15 is 0 Å². The van der Waals surface area contributed by atoms with Crippen molar-refractivity contribution in [1.82, 2.24) is 9.55 Å². The molecule has 1 aromatic rings. The molecule has 1 aromatic heterocycles. The van der Waals surface area contributed by atoms with E-state index in [9.17, 15) is 14.7 Å². The van der Waals surface area contributed by atoms with Crippen molar-refractivity contribution in [1.29, 1.82) is 0 Å². The van der Waals surface area contributed by atoms with Crippen molar-refractivity contribution in [3.63, 3.8) is 0 Å². The van der Waals surface area contributed by atoms with Crippen LogP contribution in [0, 0.1) is 12.3 Å². The largest absolute Gasteiger partial charge is 0.387 e. The fourth-order valence-electron chi connectivity index (χ4n) is 3.45. The van der Waals surface area contributed by atoms with E-state index in [2.05, 4.69) is 25.8 Å². The first kappa shape index (κ1) is 15.5. The molecule has 122 valence electrons. The molecule has 0 amide bonds. The lowest BCUT2D eigenvalue weighted by molar-refractivity contribution is -0.184. The van der Waals surface area contributed by atoms with Gasteiger partial charge >= 0.3 is 5.69 Å². The molecule has 2 aliphatic rings. The van der Waals surface area contributed by atoms with E-state index in [0.29, 0.717) is 18.6 Å². The number of aromatic amines is 1. The van der Waals surface area contributed by atoms with Crippen LogP contribution < -0.4 is 11.2 Å². The lowest BCUT2D eigenvalue weighted by Gasteiger charge is -2.35. The maximum absolute atomic E-state index is 12.0. The molecule has 0 aromatic carbocycles. The normalized spacial score (nSPS) is 34.3. The maximum Gasteiger partial charge on any atom is 0.330 e. The van der Waals surface area contributed by atoms with Gasteiger partial charge in [-0.3, -0.25) is 14.3 Å². The van der Waals surface area contributed by atoms with Gasteiger partial charge in [-0.2, -0.15) is 0 Å². The summed E-state index contributed by atoms with van der Waals surface area (Å²) in [5.74, 6) is 0. The fraction of sp³-hybridized carbons (Fsp3) is 0.733. The molecule has 7 nitrogen and oxygen atoms in total. The van der Waals surface area contributed by atoms with Crippen LogP contribution >= 0.6 is 0 Å². The van der Waals surface area contributed by atoms with E-state index in [4.69, 9.17) is 9.47 Å². The average Bonchev–Trinajstić information content (AvgIpc) is 2.81. The summed E-state index contributed by atoms with van der Waals surface area (Å²) in [5, 5.41) is 10.6. The molecule has 0 spiro atoms. The molecule has 3 unspecified atom stereocenters. The number of fused-ring (bicyclic) bond motifs is 2. The highest BCUT2D eigenvalue weighted by Crippen LogP contribution is 2.49. The number of aryl methyl sites for hydroxylation is 1. The lowest BCUT2D eigenvalue weighted by Crippen LogP contribution is -2.44. The lowest BCUT2D eigenvalue weighted by atomic mass is 9.80. The van der Waals surface area contributed by atoms with Crippen LogP contribution in [0.1, 0.15) is 39.0 Å². The third-order valence-corrected chi connectivity index (χ3v) is 4.26. The van der Waals surface area contributed by atoms with E-state index in [0.717, 1.165) is 0 Å². The number of aliphatic hydroxyl groups is 1. The predicted molar refractivity (Wildman–Crippen MR) is 78.7 cm³/mol. The van der Waals surface area contributed by atoms with Crippen LogP contribution in [0.2, 0.25) is 0 Å². The first-order valence-electron chi connectivity index (χ1n) is 7.43. The zero-order valence-corrected chi connectivity index (χ0v) is 13.3. The molecule has 22 heavy (non-hydrogen) atoms. The molecule has 2 N–H and O–H groups in total. The van der Waals surface area contributed by atoms with E-state index in [1.807, 2.05) is 0 Å². The number of aliphatic hydroxyl groups excluding tert-OH is 1. The van der Waals surface area contributed by atoms with E-state index in [1.165, 1.54) is 10.8 Å². The topological polar surface area (TPSA) is 93.6 Å². The summed E-state index contributed by atoms with van der Waals surface area (Å²) in [6.45, 7) is 8.12. The van der Waals surface area contributed by atoms with Gasteiger partial charge in [-0.05, 0) is 18.8 Å². The minimum absolute atomic E-state index is 0.0556. The minimum Gasteiger partial charge on any atom is -0.387 e. The van der Waals surface area contributed by atoms with E-state index < -0.39 is 35.3 Å². The third kappa shape index (κ3) is 2.33. The molecule has 0 radical (unpaired) electrons. The van der Waals surface area contributed by atoms with Crippen LogP contribution in [0.25, 0.3) is 0 Å². The minimum atomic E-state index is -0.808. The highest BCUT2D eigenvalue weighted by molar-refractivity contribution is 5.10. The Kier molecular flexibility index (Phi) is 3.36. The van der Waals surface area contributed by atoms with Crippen molar-refractivity contribution in [2.75, 3.05) is 6.61 Å². The molecule has 3 rings (SSSR count). The summed E-state index contributed by atoms with van der Waals surface area (Å²) < 4.78 is 13.0. The van der Waals surface area contributed by atoms with Crippen LogP contribution in [-0.2, 0) is 9.47 Å². The average molecular weight is 310 g/mol. The van der Waals surface area contributed by atoms with Gasteiger partial charge < -0.3 is 14.6 Å². The van der Waals surface area contributed by atoms with Crippen LogP contribution in [0.15, 0.2) is 15.8 Å². The second-order valence-corrected chi connectivity index (χ2v) is 7.51. The smallest absolute Gasteiger partial charge is 0.330 e. The number of ether oxygens (including phenoxy) is 2. The van der Waals surface area contributed by atoms with Gasteiger partial charge in [0.25, 0.3) is 5.56 Å². The van der Waals surface area contributed by atoms with Crippen molar-refractivity contribution < 1.29 is 14.6 Å². The molecule has 2 aliphatic heterocycles. The van der Waals surface area contributed by atoms with Gasteiger partial charge in [-0.1, -0.05) is 20.8 Å². The van der Waals surface area contributed by atoms with E-state index in [1.54, 1.807) is 6.92 Å². The van der Waals surface area contributed by atoms with Crippen LogP contribution in [-0.4, -0.2) is 39.1 Å². The number of H-pyrrole nitrogens is 1. The Balaban J connectivity index is 1.98. The number of hydrogen-bond acceptors (Lipinski definition) is 5. The Morgan fingerprint density at radius 1 is 1.45 bits per heavy atom. The Morgan fingerprint density at radius 2 is 2.14 bits per heavy atom. The number of rotatable bonds is 2. The first-order valence-corrected chi connectivity index (χ1v) is 7.43. The number of hydrogen-bond donors (Lipinski definition) is 2. The molecule has 0 saturated carbocycles.